The van der Waals surface area contributed by atoms with Crippen LogP contribution in [0.5, 0.6) is 0 Å². The number of nitrogens with zero attached hydrogens (tertiary/aromatic N) is 2. The van der Waals surface area contributed by atoms with Crippen LogP contribution in [0.2, 0.25) is 0 Å². The van der Waals surface area contributed by atoms with Crippen molar-refractivity contribution < 1.29 is 19.4 Å². The molecule has 2 aliphatic rings. The number of hydrogen-bond acceptors (Lipinski definition) is 3. The van der Waals surface area contributed by atoms with Crippen LogP contribution in [0.1, 0.15) is 39.0 Å². The van der Waals surface area contributed by atoms with Crippen LogP contribution in [0.15, 0.2) is 0 Å². The highest BCUT2D eigenvalue weighted by atomic mass is 16.5. The molecule has 1 N–H and O–H groups in total. The Morgan fingerprint density at radius 2 is 2.05 bits per heavy atom. The van der Waals surface area contributed by atoms with E-state index in [4.69, 9.17) is 9.84 Å². The molecule has 6 heteroatoms. The average Bonchev–Trinajstić information content (AvgIpc) is 2.93. The zero-order chi connectivity index (χ0) is 14.5. The van der Waals surface area contributed by atoms with Gasteiger partial charge >= 0.3 is 12.0 Å². The summed E-state index contributed by atoms with van der Waals surface area (Å²) in [5, 5.41) is 8.97. The van der Waals surface area contributed by atoms with Gasteiger partial charge in [-0.05, 0) is 19.8 Å². The fraction of sp³-hybridized carbons (Fsp3) is 0.857. The van der Waals surface area contributed by atoms with Gasteiger partial charge in [-0.25, -0.2) is 4.79 Å². The van der Waals surface area contributed by atoms with E-state index >= 15 is 0 Å². The molecular weight excluding hydrogens is 260 g/mol. The lowest BCUT2D eigenvalue weighted by atomic mass is 10.1. The summed E-state index contributed by atoms with van der Waals surface area (Å²) in [5.74, 6) is -0.887. The molecule has 1 aliphatic heterocycles. The number of carboxylic acids is 1. The molecule has 6 nitrogen and oxygen atoms in total. The molecule has 0 aromatic carbocycles. The molecule has 1 aliphatic carbocycles. The lowest BCUT2D eigenvalue weighted by molar-refractivity contribution is -0.139. The summed E-state index contributed by atoms with van der Waals surface area (Å²) in [5.41, 5.74) is 0. The van der Waals surface area contributed by atoms with Gasteiger partial charge in [-0.2, -0.15) is 0 Å². The van der Waals surface area contributed by atoms with Gasteiger partial charge in [-0.1, -0.05) is 12.8 Å². The molecule has 1 atom stereocenters. The number of carbonyl (C=O) groups excluding carboxylic acids is 1. The van der Waals surface area contributed by atoms with Crippen molar-refractivity contribution in [1.29, 1.82) is 0 Å². The smallest absolute Gasteiger partial charge is 0.320 e. The molecule has 0 aromatic heterocycles. The summed E-state index contributed by atoms with van der Waals surface area (Å²) in [4.78, 5) is 27.2. The summed E-state index contributed by atoms with van der Waals surface area (Å²) in [7, 11) is 0. The lowest BCUT2D eigenvalue weighted by Gasteiger charge is -2.40. The Hall–Kier alpha value is -1.30. The van der Waals surface area contributed by atoms with Crippen molar-refractivity contribution in [2.24, 2.45) is 0 Å². The molecule has 0 radical (unpaired) electrons. The largest absolute Gasteiger partial charge is 0.481 e. The first kappa shape index (κ1) is 15.1. The van der Waals surface area contributed by atoms with E-state index in [0.29, 0.717) is 32.3 Å². The minimum Gasteiger partial charge on any atom is -0.481 e. The number of morpholine rings is 1. The van der Waals surface area contributed by atoms with Gasteiger partial charge in [0.15, 0.2) is 0 Å². The fourth-order valence-corrected chi connectivity index (χ4v) is 3.21. The highest BCUT2D eigenvalue weighted by Gasteiger charge is 2.34. The third-order valence-electron chi connectivity index (χ3n) is 4.24. The first-order chi connectivity index (χ1) is 9.63. The highest BCUT2D eigenvalue weighted by molar-refractivity contribution is 5.76. The molecule has 2 amide bonds. The van der Waals surface area contributed by atoms with Crippen molar-refractivity contribution >= 4 is 12.0 Å². The van der Waals surface area contributed by atoms with E-state index in [2.05, 4.69) is 0 Å². The van der Waals surface area contributed by atoms with E-state index < -0.39 is 5.97 Å². The van der Waals surface area contributed by atoms with Crippen LogP contribution in [-0.4, -0.2) is 65.3 Å². The van der Waals surface area contributed by atoms with Crippen LogP contribution in [0.4, 0.5) is 4.79 Å². The van der Waals surface area contributed by atoms with E-state index in [1.165, 1.54) is 12.8 Å². The molecule has 20 heavy (non-hydrogen) atoms. The van der Waals surface area contributed by atoms with Crippen molar-refractivity contribution in [2.75, 3.05) is 26.3 Å². The van der Waals surface area contributed by atoms with Crippen LogP contribution in [0.3, 0.4) is 0 Å². The van der Waals surface area contributed by atoms with Crippen molar-refractivity contribution in [1.82, 2.24) is 9.80 Å². The fourth-order valence-electron chi connectivity index (χ4n) is 3.21. The van der Waals surface area contributed by atoms with Gasteiger partial charge in [0, 0.05) is 19.1 Å². The number of aliphatic carboxylic acids is 1. The predicted octanol–water partition coefficient (Wildman–Crippen LogP) is 1.55. The first-order valence-corrected chi connectivity index (χ1v) is 7.50. The van der Waals surface area contributed by atoms with Crippen LogP contribution in [0, 0.1) is 0 Å². The van der Waals surface area contributed by atoms with Gasteiger partial charge in [0.05, 0.1) is 25.7 Å². The van der Waals surface area contributed by atoms with E-state index in [0.717, 1.165) is 12.8 Å². The van der Waals surface area contributed by atoms with Crippen molar-refractivity contribution in [3.05, 3.63) is 0 Å². The topological polar surface area (TPSA) is 70.1 Å². The summed E-state index contributed by atoms with van der Waals surface area (Å²) in [6.45, 7) is 3.97. The van der Waals surface area contributed by atoms with Crippen molar-refractivity contribution in [3.8, 4) is 0 Å². The third kappa shape index (κ3) is 3.42. The van der Waals surface area contributed by atoms with Crippen LogP contribution >= 0.6 is 0 Å². The van der Waals surface area contributed by atoms with Gasteiger partial charge < -0.3 is 19.6 Å². The second kappa shape index (κ2) is 6.92. The van der Waals surface area contributed by atoms with Gasteiger partial charge in [0.1, 0.15) is 0 Å². The number of rotatable bonds is 4. The Morgan fingerprint density at radius 3 is 2.65 bits per heavy atom. The number of hydrogen-bond donors (Lipinski definition) is 1. The molecule has 2 fully saturated rings. The maximum Gasteiger partial charge on any atom is 0.320 e. The zero-order valence-corrected chi connectivity index (χ0v) is 12.1. The Kier molecular flexibility index (Phi) is 5.23. The second-order valence-corrected chi connectivity index (χ2v) is 5.53. The normalized spacial score (nSPS) is 23.9. The summed E-state index contributed by atoms with van der Waals surface area (Å²) in [6, 6.07) is -0.0426. The molecule has 0 aromatic rings. The first-order valence-electron chi connectivity index (χ1n) is 7.50. The van der Waals surface area contributed by atoms with Crippen LogP contribution in [0.25, 0.3) is 0 Å². The number of urea groups is 1. The highest BCUT2D eigenvalue weighted by Crippen LogP contribution is 2.25. The molecule has 1 unspecified atom stereocenters. The summed E-state index contributed by atoms with van der Waals surface area (Å²) in [6.07, 6.45) is 4.43. The van der Waals surface area contributed by atoms with E-state index in [1.807, 2.05) is 11.8 Å². The SMILES string of the molecule is CCN(C(=O)N1CCOCC1CC(=O)O)C1CCCC1. The third-order valence-corrected chi connectivity index (χ3v) is 4.24. The summed E-state index contributed by atoms with van der Waals surface area (Å²) >= 11 is 0. The maximum atomic E-state index is 12.7. The van der Waals surface area contributed by atoms with Gasteiger partial charge in [0.2, 0.25) is 0 Å². The van der Waals surface area contributed by atoms with E-state index in [-0.39, 0.29) is 18.5 Å². The Morgan fingerprint density at radius 1 is 1.35 bits per heavy atom. The predicted molar refractivity (Wildman–Crippen MR) is 73.6 cm³/mol. The molecular formula is C14H24N2O4. The average molecular weight is 284 g/mol. The molecule has 0 spiro atoms. The molecule has 1 saturated carbocycles. The van der Waals surface area contributed by atoms with E-state index in [9.17, 15) is 9.59 Å². The number of ether oxygens (including phenoxy) is 1. The van der Waals surface area contributed by atoms with Crippen LogP contribution in [-0.2, 0) is 9.53 Å². The zero-order valence-electron chi connectivity index (χ0n) is 12.1. The monoisotopic (exact) mass is 284 g/mol. The standard InChI is InChI=1S/C14H24N2O4/c1-2-15(11-5-3-4-6-11)14(19)16-7-8-20-10-12(16)9-13(17)18/h11-12H,2-10H2,1H3,(H,17,18). The number of carboxylic acid groups (broad SMARTS) is 1. The number of amides is 2. The van der Waals surface area contributed by atoms with Gasteiger partial charge in [0.25, 0.3) is 0 Å². The van der Waals surface area contributed by atoms with E-state index in [1.54, 1.807) is 4.90 Å². The minimum atomic E-state index is -0.887. The second-order valence-electron chi connectivity index (χ2n) is 5.53. The Balaban J connectivity index is 2.04. The number of carbonyl (C=O) groups is 2. The quantitative estimate of drug-likeness (QED) is 0.850. The van der Waals surface area contributed by atoms with Gasteiger partial charge in [-0.3, -0.25) is 4.79 Å². The van der Waals surface area contributed by atoms with Gasteiger partial charge in [-0.15, -0.1) is 0 Å². The molecule has 2 rings (SSSR count). The molecule has 114 valence electrons. The maximum absolute atomic E-state index is 12.7. The minimum absolute atomic E-state index is 0.0195. The molecule has 0 bridgehead atoms. The summed E-state index contributed by atoms with van der Waals surface area (Å²) < 4.78 is 5.33. The molecule has 1 heterocycles. The van der Waals surface area contributed by atoms with Crippen molar-refractivity contribution in [3.63, 3.8) is 0 Å². The van der Waals surface area contributed by atoms with Crippen molar-refractivity contribution in [2.45, 2.75) is 51.1 Å². The van der Waals surface area contributed by atoms with Crippen LogP contribution < -0.4 is 0 Å². The Bertz CT molecular complexity index is 355. The lowest BCUT2D eigenvalue weighted by Crippen LogP contribution is -2.56. The molecule has 1 saturated heterocycles. The Labute approximate surface area is 119 Å².